The van der Waals surface area contributed by atoms with E-state index in [0.29, 0.717) is 12.2 Å². The summed E-state index contributed by atoms with van der Waals surface area (Å²) in [5.74, 6) is 0.835. The maximum Gasteiger partial charge on any atom is 0.187 e. The van der Waals surface area contributed by atoms with Crippen LogP contribution in [0.3, 0.4) is 0 Å². The monoisotopic (exact) mass is 295 g/mol. The molecule has 22 heavy (non-hydrogen) atoms. The molecular formula is C19H21NO2. The number of aryl methyl sites for hydroxylation is 1. The third-order valence-corrected chi connectivity index (χ3v) is 3.19. The van der Waals surface area contributed by atoms with E-state index in [1.54, 1.807) is 6.08 Å². The number of carbonyl (C=O) groups excluding carboxylic acids is 1. The van der Waals surface area contributed by atoms with Crippen LogP contribution in [0.15, 0.2) is 60.3 Å². The van der Waals surface area contributed by atoms with Gasteiger partial charge in [-0.1, -0.05) is 29.8 Å². The first kappa shape index (κ1) is 15.8. The summed E-state index contributed by atoms with van der Waals surface area (Å²) in [5, 5.41) is 3.21. The predicted octanol–water partition coefficient (Wildman–Crippen LogP) is 4.59. The van der Waals surface area contributed by atoms with Crippen LogP contribution in [-0.2, 0) is 0 Å². The fourth-order valence-electron chi connectivity index (χ4n) is 2.06. The maximum absolute atomic E-state index is 12.2. The lowest BCUT2D eigenvalue weighted by atomic mass is 10.1. The van der Waals surface area contributed by atoms with Crippen LogP contribution in [0.25, 0.3) is 0 Å². The van der Waals surface area contributed by atoms with Crippen molar-refractivity contribution in [2.24, 2.45) is 0 Å². The van der Waals surface area contributed by atoms with E-state index in [4.69, 9.17) is 4.74 Å². The quantitative estimate of drug-likeness (QED) is 0.625. The Morgan fingerprint density at radius 3 is 2.32 bits per heavy atom. The number of allylic oxidation sites excluding steroid dienone is 2. The van der Waals surface area contributed by atoms with Crippen molar-refractivity contribution < 1.29 is 9.53 Å². The molecule has 0 unspecified atom stereocenters. The Labute approximate surface area is 131 Å². The van der Waals surface area contributed by atoms with Crippen LogP contribution in [-0.4, -0.2) is 12.4 Å². The lowest BCUT2D eigenvalue weighted by Crippen LogP contribution is -2.01. The smallest absolute Gasteiger partial charge is 0.187 e. The first-order valence-corrected chi connectivity index (χ1v) is 7.37. The Morgan fingerprint density at radius 1 is 1.09 bits per heavy atom. The van der Waals surface area contributed by atoms with Gasteiger partial charge in [-0.3, -0.25) is 4.79 Å². The third-order valence-electron chi connectivity index (χ3n) is 3.19. The first-order valence-electron chi connectivity index (χ1n) is 7.37. The van der Waals surface area contributed by atoms with Gasteiger partial charge >= 0.3 is 0 Å². The topological polar surface area (TPSA) is 38.3 Å². The van der Waals surface area contributed by atoms with Crippen molar-refractivity contribution >= 4 is 11.5 Å². The number of ether oxygens (including phenoxy) is 1. The van der Waals surface area contributed by atoms with Crippen molar-refractivity contribution in [1.82, 2.24) is 0 Å². The number of hydrogen-bond donors (Lipinski definition) is 1. The number of carbonyl (C=O) groups is 1. The molecule has 0 aliphatic rings. The lowest BCUT2D eigenvalue weighted by Gasteiger charge is -2.08. The molecule has 1 N–H and O–H groups in total. The maximum atomic E-state index is 12.2. The Kier molecular flexibility index (Phi) is 5.37. The number of anilines is 1. The van der Waals surface area contributed by atoms with Crippen molar-refractivity contribution in [3.05, 3.63) is 71.4 Å². The van der Waals surface area contributed by atoms with Gasteiger partial charge in [0.05, 0.1) is 6.61 Å². The number of rotatable bonds is 6. The Bertz CT molecular complexity index is 655. The first-order chi connectivity index (χ1) is 10.6. The standard InChI is InChI=1S/C19H21NO2/c1-4-22-18-11-9-17(10-12-18)20-15(3)13-19(21)16-7-5-14(2)6-8-16/h5-13,20H,4H2,1-3H3. The average Bonchev–Trinajstić information content (AvgIpc) is 2.50. The molecule has 0 aliphatic heterocycles. The summed E-state index contributed by atoms with van der Waals surface area (Å²) in [6.45, 7) is 6.48. The second kappa shape index (κ2) is 7.46. The van der Waals surface area contributed by atoms with E-state index in [1.807, 2.05) is 69.3 Å². The Balaban J connectivity index is 2.02. The van der Waals surface area contributed by atoms with E-state index in [-0.39, 0.29) is 5.78 Å². The van der Waals surface area contributed by atoms with E-state index < -0.39 is 0 Å². The van der Waals surface area contributed by atoms with Crippen LogP contribution in [0.5, 0.6) is 5.75 Å². The predicted molar refractivity (Wildman–Crippen MR) is 90.5 cm³/mol. The molecule has 0 saturated heterocycles. The summed E-state index contributed by atoms with van der Waals surface area (Å²) < 4.78 is 5.40. The number of ketones is 1. The average molecular weight is 295 g/mol. The van der Waals surface area contributed by atoms with Gasteiger partial charge in [0.15, 0.2) is 5.78 Å². The highest BCUT2D eigenvalue weighted by Crippen LogP contribution is 2.17. The molecule has 114 valence electrons. The SMILES string of the molecule is CCOc1ccc(NC(C)=CC(=O)c2ccc(C)cc2)cc1. The zero-order valence-corrected chi connectivity index (χ0v) is 13.2. The van der Waals surface area contributed by atoms with Crippen molar-refractivity contribution in [3.8, 4) is 5.75 Å². The van der Waals surface area contributed by atoms with Gasteiger partial charge in [0.25, 0.3) is 0 Å². The van der Waals surface area contributed by atoms with Gasteiger partial charge in [-0.25, -0.2) is 0 Å². The zero-order chi connectivity index (χ0) is 15.9. The summed E-state index contributed by atoms with van der Waals surface area (Å²) in [7, 11) is 0. The molecule has 3 nitrogen and oxygen atoms in total. The van der Waals surface area contributed by atoms with Gasteiger partial charge in [-0.2, -0.15) is 0 Å². The van der Waals surface area contributed by atoms with E-state index in [0.717, 1.165) is 22.7 Å². The van der Waals surface area contributed by atoms with Crippen molar-refractivity contribution in [1.29, 1.82) is 0 Å². The molecule has 2 rings (SSSR count). The molecule has 0 aromatic heterocycles. The van der Waals surface area contributed by atoms with E-state index in [9.17, 15) is 4.79 Å². The van der Waals surface area contributed by atoms with E-state index in [1.165, 1.54) is 0 Å². The van der Waals surface area contributed by atoms with Crippen LogP contribution >= 0.6 is 0 Å². The van der Waals surface area contributed by atoms with Gasteiger partial charge in [0, 0.05) is 23.0 Å². The summed E-state index contributed by atoms with van der Waals surface area (Å²) in [4.78, 5) is 12.2. The minimum Gasteiger partial charge on any atom is -0.494 e. The summed E-state index contributed by atoms with van der Waals surface area (Å²) >= 11 is 0. The largest absolute Gasteiger partial charge is 0.494 e. The molecule has 3 heteroatoms. The fraction of sp³-hybridized carbons (Fsp3) is 0.211. The van der Waals surface area contributed by atoms with Crippen LogP contribution in [0.4, 0.5) is 5.69 Å². The van der Waals surface area contributed by atoms with Crippen LogP contribution in [0, 0.1) is 6.92 Å². The molecule has 0 radical (unpaired) electrons. The highest BCUT2D eigenvalue weighted by molar-refractivity contribution is 6.05. The lowest BCUT2D eigenvalue weighted by molar-refractivity contribution is 0.104. The number of nitrogens with one attached hydrogen (secondary N) is 1. The molecule has 0 fully saturated rings. The summed E-state index contributed by atoms with van der Waals surface area (Å²) in [5.41, 5.74) is 3.56. The van der Waals surface area contributed by atoms with Crippen molar-refractivity contribution in [2.45, 2.75) is 20.8 Å². The van der Waals surface area contributed by atoms with Gasteiger partial charge < -0.3 is 10.1 Å². The molecule has 0 spiro atoms. The van der Waals surface area contributed by atoms with Crippen molar-refractivity contribution in [2.75, 3.05) is 11.9 Å². The summed E-state index contributed by atoms with van der Waals surface area (Å²) in [6.07, 6.45) is 1.61. The second-order valence-corrected chi connectivity index (χ2v) is 5.14. The number of hydrogen-bond acceptors (Lipinski definition) is 3. The van der Waals surface area contributed by atoms with Crippen molar-refractivity contribution in [3.63, 3.8) is 0 Å². The minimum atomic E-state index is -0.00376. The van der Waals surface area contributed by atoms with Gasteiger partial charge in [-0.15, -0.1) is 0 Å². The van der Waals surface area contributed by atoms with E-state index in [2.05, 4.69) is 5.32 Å². The van der Waals surface area contributed by atoms with Crippen LogP contribution in [0.1, 0.15) is 29.8 Å². The molecule has 2 aromatic rings. The summed E-state index contributed by atoms with van der Waals surface area (Å²) in [6, 6.07) is 15.2. The van der Waals surface area contributed by atoms with Gasteiger partial charge in [-0.05, 0) is 45.0 Å². The molecule has 0 aliphatic carbocycles. The second-order valence-electron chi connectivity index (χ2n) is 5.14. The van der Waals surface area contributed by atoms with Gasteiger partial charge in [0.2, 0.25) is 0 Å². The van der Waals surface area contributed by atoms with Crippen LogP contribution < -0.4 is 10.1 Å². The minimum absolute atomic E-state index is 0.00376. The highest BCUT2D eigenvalue weighted by atomic mass is 16.5. The fourth-order valence-corrected chi connectivity index (χ4v) is 2.06. The molecule has 0 bridgehead atoms. The molecule has 0 saturated carbocycles. The molecule has 0 heterocycles. The molecular weight excluding hydrogens is 274 g/mol. The normalized spacial score (nSPS) is 11.1. The van der Waals surface area contributed by atoms with Crippen LogP contribution in [0.2, 0.25) is 0 Å². The molecule has 0 amide bonds. The molecule has 2 aromatic carbocycles. The third kappa shape index (κ3) is 4.48. The number of benzene rings is 2. The Morgan fingerprint density at radius 2 is 1.73 bits per heavy atom. The highest BCUT2D eigenvalue weighted by Gasteiger charge is 2.03. The zero-order valence-electron chi connectivity index (χ0n) is 13.2. The molecule has 0 atom stereocenters. The van der Waals surface area contributed by atoms with E-state index >= 15 is 0 Å². The van der Waals surface area contributed by atoms with Gasteiger partial charge in [0.1, 0.15) is 5.75 Å². The Hall–Kier alpha value is -2.55.